The van der Waals surface area contributed by atoms with Crippen molar-refractivity contribution in [2.75, 3.05) is 9.80 Å². The van der Waals surface area contributed by atoms with E-state index in [1.54, 1.807) is 0 Å². The molecule has 9 aromatic carbocycles. The molecule has 0 spiro atoms. The normalized spacial score (nSPS) is 13.4. The van der Waals surface area contributed by atoms with Gasteiger partial charge in [-0.2, -0.15) is 0 Å². The molecular weight excluding hydrogens is 751 g/mol. The Hall–Kier alpha value is -6.78. The highest BCUT2D eigenvalue weighted by Crippen LogP contribution is 2.67. The van der Waals surface area contributed by atoms with E-state index in [2.05, 4.69) is 148 Å². The van der Waals surface area contributed by atoms with Crippen LogP contribution in [0.3, 0.4) is 0 Å². The summed E-state index contributed by atoms with van der Waals surface area (Å²) >= 11 is 0. The molecule has 0 atom stereocenters. The maximum atomic E-state index is 14.3. The SMILES string of the molecule is CC(C)(C)C1(C(C)(C)C)c2cc3cc(N(c4ccccc4)c4ccc(F)cc4)ccc3cc2-c2c1c1ccc(N(c3ccccc3)c3ccc(F)cc3)cc1c1ccccc21. The average molecular weight is 799 g/mol. The molecule has 10 rings (SSSR count). The van der Waals surface area contributed by atoms with Crippen molar-refractivity contribution in [3.05, 3.63) is 205 Å². The zero-order chi connectivity index (χ0) is 42.3. The average Bonchev–Trinajstić information content (AvgIpc) is 3.57. The summed E-state index contributed by atoms with van der Waals surface area (Å²) in [5.74, 6) is -0.522. The molecule has 0 heterocycles. The molecule has 2 nitrogen and oxygen atoms in total. The van der Waals surface area contributed by atoms with E-state index in [1.165, 1.54) is 68.1 Å². The third kappa shape index (κ3) is 6.03. The van der Waals surface area contributed by atoms with Gasteiger partial charge in [0.2, 0.25) is 0 Å². The van der Waals surface area contributed by atoms with E-state index < -0.39 is 5.41 Å². The van der Waals surface area contributed by atoms with Crippen molar-refractivity contribution >= 4 is 66.4 Å². The summed E-state index contributed by atoms with van der Waals surface area (Å²) in [4.78, 5) is 4.41. The highest BCUT2D eigenvalue weighted by atomic mass is 19.1. The number of anilines is 6. The molecule has 1 aliphatic rings. The number of benzene rings is 9. The van der Waals surface area contributed by atoms with Crippen LogP contribution in [0.15, 0.2) is 182 Å². The highest BCUT2D eigenvalue weighted by molar-refractivity contribution is 6.20. The molecule has 61 heavy (non-hydrogen) atoms. The summed E-state index contributed by atoms with van der Waals surface area (Å²) in [5, 5.41) is 7.17. The summed E-state index contributed by atoms with van der Waals surface area (Å²) in [6, 6.07) is 61.5. The lowest BCUT2D eigenvalue weighted by Gasteiger charge is -2.53. The van der Waals surface area contributed by atoms with Crippen molar-refractivity contribution < 1.29 is 8.78 Å². The zero-order valence-electron chi connectivity index (χ0n) is 35.5. The largest absolute Gasteiger partial charge is 0.310 e. The van der Waals surface area contributed by atoms with Crippen molar-refractivity contribution in [3.8, 4) is 11.1 Å². The van der Waals surface area contributed by atoms with Gasteiger partial charge in [-0.25, -0.2) is 8.78 Å². The van der Waals surface area contributed by atoms with Gasteiger partial charge in [0.05, 0.1) is 0 Å². The summed E-state index contributed by atoms with van der Waals surface area (Å²) in [5.41, 5.74) is 10.2. The fraction of sp³-hybridized carbons (Fsp3) is 0.158. The van der Waals surface area contributed by atoms with Gasteiger partial charge < -0.3 is 9.80 Å². The van der Waals surface area contributed by atoms with Gasteiger partial charge in [-0.3, -0.25) is 0 Å². The van der Waals surface area contributed by atoms with E-state index in [-0.39, 0.29) is 22.5 Å². The Morgan fingerprint density at radius 2 is 0.836 bits per heavy atom. The summed E-state index contributed by atoms with van der Waals surface area (Å²) < 4.78 is 28.5. The lowest BCUT2D eigenvalue weighted by atomic mass is 9.49. The molecular formula is C57H48F2N2. The van der Waals surface area contributed by atoms with Crippen LogP contribution in [0.25, 0.3) is 43.4 Å². The molecule has 0 unspecified atom stereocenters. The van der Waals surface area contributed by atoms with Crippen LogP contribution < -0.4 is 9.80 Å². The third-order valence-electron chi connectivity index (χ3n) is 13.0. The maximum absolute atomic E-state index is 14.3. The molecule has 0 amide bonds. The molecule has 4 heteroatoms. The molecule has 300 valence electrons. The minimum absolute atomic E-state index is 0.223. The maximum Gasteiger partial charge on any atom is 0.123 e. The first-order valence-corrected chi connectivity index (χ1v) is 21.1. The van der Waals surface area contributed by atoms with Gasteiger partial charge in [-0.15, -0.1) is 0 Å². The van der Waals surface area contributed by atoms with E-state index in [4.69, 9.17) is 0 Å². The van der Waals surface area contributed by atoms with Crippen molar-refractivity contribution in [2.24, 2.45) is 10.8 Å². The van der Waals surface area contributed by atoms with Crippen LogP contribution in [0.4, 0.5) is 42.9 Å². The van der Waals surface area contributed by atoms with Gasteiger partial charge in [0.15, 0.2) is 0 Å². The fourth-order valence-corrected chi connectivity index (χ4v) is 11.0. The quantitative estimate of drug-likeness (QED) is 0.155. The molecule has 9 aromatic rings. The van der Waals surface area contributed by atoms with Crippen LogP contribution in [0.5, 0.6) is 0 Å². The van der Waals surface area contributed by atoms with Crippen LogP contribution in [0.1, 0.15) is 52.7 Å². The first-order chi connectivity index (χ1) is 29.3. The first-order valence-electron chi connectivity index (χ1n) is 21.1. The Kier molecular flexibility index (Phi) is 8.92. The molecule has 0 N–H and O–H groups in total. The molecule has 0 saturated heterocycles. The van der Waals surface area contributed by atoms with Crippen LogP contribution in [-0.4, -0.2) is 0 Å². The van der Waals surface area contributed by atoms with E-state index in [9.17, 15) is 8.78 Å². The lowest BCUT2D eigenvalue weighted by Crippen LogP contribution is -2.50. The number of rotatable bonds is 6. The number of hydrogen-bond donors (Lipinski definition) is 0. The second kappa shape index (κ2) is 14.2. The predicted octanol–water partition coefficient (Wildman–Crippen LogP) is 16.7. The second-order valence-electron chi connectivity index (χ2n) is 18.5. The van der Waals surface area contributed by atoms with Crippen LogP contribution in [0, 0.1) is 22.5 Å². The van der Waals surface area contributed by atoms with E-state index in [1.807, 2.05) is 60.7 Å². The van der Waals surface area contributed by atoms with Crippen LogP contribution in [0.2, 0.25) is 0 Å². The molecule has 1 aliphatic carbocycles. The summed E-state index contributed by atoms with van der Waals surface area (Å²) in [7, 11) is 0. The number of hydrogen-bond acceptors (Lipinski definition) is 2. The van der Waals surface area contributed by atoms with Crippen molar-refractivity contribution in [3.63, 3.8) is 0 Å². The smallest absolute Gasteiger partial charge is 0.123 e. The Morgan fingerprint density at radius 3 is 1.38 bits per heavy atom. The Labute approximate surface area is 357 Å². The van der Waals surface area contributed by atoms with E-state index in [0.29, 0.717) is 0 Å². The van der Waals surface area contributed by atoms with Crippen molar-refractivity contribution in [2.45, 2.75) is 47.0 Å². The minimum atomic E-state index is -0.426. The molecule has 0 saturated carbocycles. The molecule has 0 bridgehead atoms. The van der Waals surface area contributed by atoms with Gasteiger partial charge in [0.25, 0.3) is 0 Å². The van der Waals surface area contributed by atoms with Gasteiger partial charge in [0.1, 0.15) is 11.6 Å². The lowest BCUT2D eigenvalue weighted by molar-refractivity contribution is 0.0965. The number of fused-ring (bicyclic) bond motifs is 9. The third-order valence-corrected chi connectivity index (χ3v) is 13.0. The Bertz CT molecular complexity index is 3090. The monoisotopic (exact) mass is 798 g/mol. The minimum Gasteiger partial charge on any atom is -0.310 e. The number of halogens is 2. The Balaban J connectivity index is 1.26. The fourth-order valence-electron chi connectivity index (χ4n) is 11.0. The van der Waals surface area contributed by atoms with Gasteiger partial charge >= 0.3 is 0 Å². The highest BCUT2D eigenvalue weighted by Gasteiger charge is 2.58. The molecule has 0 aliphatic heterocycles. The van der Waals surface area contributed by atoms with Crippen molar-refractivity contribution in [1.82, 2.24) is 0 Å². The molecule has 0 fully saturated rings. The molecule has 0 radical (unpaired) electrons. The Morgan fingerprint density at radius 1 is 0.377 bits per heavy atom. The van der Waals surface area contributed by atoms with Gasteiger partial charge in [-0.1, -0.05) is 114 Å². The summed E-state index contributed by atoms with van der Waals surface area (Å²) in [6.45, 7) is 14.4. The first kappa shape index (κ1) is 38.4. The molecule has 0 aromatic heterocycles. The standard InChI is InChI=1S/C57H48F2N2/c1-55(2,3)57(56(4,5)6)52-35-38-33-45(60(41-15-9-7-10-16-41)43-27-22-39(58)23-28-43)26-21-37(38)34-51(52)53-48-20-14-13-19-47(48)50-36-46(31-32-49(50)54(53)57)61(42-17-11-8-12-18-42)44-29-24-40(59)25-30-44/h7-36H,1-6H3. The van der Waals surface area contributed by atoms with E-state index in [0.717, 1.165) is 44.9 Å². The van der Waals surface area contributed by atoms with Crippen LogP contribution in [-0.2, 0) is 5.41 Å². The zero-order valence-corrected chi connectivity index (χ0v) is 35.5. The summed E-state index contributed by atoms with van der Waals surface area (Å²) in [6.07, 6.45) is 0. The van der Waals surface area contributed by atoms with Gasteiger partial charge in [0, 0.05) is 39.5 Å². The van der Waals surface area contributed by atoms with E-state index >= 15 is 0 Å². The topological polar surface area (TPSA) is 6.48 Å². The number of nitrogens with zero attached hydrogens (tertiary/aromatic N) is 2. The predicted molar refractivity (Wildman–Crippen MR) is 253 cm³/mol. The van der Waals surface area contributed by atoms with Crippen molar-refractivity contribution in [1.29, 1.82) is 0 Å². The second-order valence-corrected chi connectivity index (χ2v) is 18.5. The van der Waals surface area contributed by atoms with Gasteiger partial charge in [-0.05, 0) is 175 Å². The number of para-hydroxylation sites is 2. The van der Waals surface area contributed by atoms with Crippen LogP contribution >= 0.6 is 0 Å².